The summed E-state index contributed by atoms with van der Waals surface area (Å²) < 4.78 is 5.52. The first-order valence-electron chi connectivity index (χ1n) is 5.74. The maximum absolute atomic E-state index is 8.73. The number of hydrogen-bond acceptors (Lipinski definition) is 5. The molecule has 0 bridgehead atoms. The van der Waals surface area contributed by atoms with Crippen LogP contribution >= 0.6 is 0 Å². The second kappa shape index (κ2) is 7.03. The second-order valence-electron chi connectivity index (χ2n) is 3.74. The van der Waals surface area contributed by atoms with Gasteiger partial charge in [0.2, 0.25) is 0 Å². The van der Waals surface area contributed by atoms with E-state index in [9.17, 15) is 0 Å². The van der Waals surface area contributed by atoms with Crippen molar-refractivity contribution in [1.82, 2.24) is 0 Å². The van der Waals surface area contributed by atoms with Gasteiger partial charge >= 0.3 is 0 Å². The Bertz CT molecular complexity index is 457. The van der Waals surface area contributed by atoms with Crippen molar-refractivity contribution in [3.05, 3.63) is 18.2 Å². The number of nitrogens with two attached hydrogens (primary N) is 1. The van der Waals surface area contributed by atoms with Gasteiger partial charge in [0.25, 0.3) is 0 Å². The molecule has 0 amide bonds. The van der Waals surface area contributed by atoms with Crippen LogP contribution in [0.25, 0.3) is 0 Å². The molecule has 0 atom stereocenters. The smallest absolute Gasteiger partial charge is 0.144 e. The number of anilines is 2. The van der Waals surface area contributed by atoms with Crippen LogP contribution in [0.3, 0.4) is 0 Å². The molecule has 0 aromatic heterocycles. The summed E-state index contributed by atoms with van der Waals surface area (Å²) in [5.41, 5.74) is 7.12. The van der Waals surface area contributed by atoms with E-state index in [4.69, 9.17) is 21.0 Å². The van der Waals surface area contributed by atoms with Crippen LogP contribution in [0.1, 0.15) is 13.3 Å². The van der Waals surface area contributed by atoms with Crippen LogP contribution < -0.4 is 15.4 Å². The summed E-state index contributed by atoms with van der Waals surface area (Å²) >= 11 is 0. The van der Waals surface area contributed by atoms with Gasteiger partial charge < -0.3 is 15.4 Å². The zero-order valence-electron chi connectivity index (χ0n) is 10.4. The molecule has 0 saturated heterocycles. The molecule has 18 heavy (non-hydrogen) atoms. The fourth-order valence-electron chi connectivity index (χ4n) is 1.47. The molecule has 1 aromatic carbocycles. The van der Waals surface area contributed by atoms with Crippen molar-refractivity contribution in [1.29, 1.82) is 10.5 Å². The van der Waals surface area contributed by atoms with Crippen LogP contribution in [0.2, 0.25) is 0 Å². The minimum Gasteiger partial charge on any atom is -0.491 e. The van der Waals surface area contributed by atoms with E-state index in [1.54, 1.807) is 23.1 Å². The monoisotopic (exact) mass is 244 g/mol. The van der Waals surface area contributed by atoms with E-state index in [0.717, 1.165) is 12.1 Å². The lowest BCUT2D eigenvalue weighted by atomic mass is 10.2. The first kappa shape index (κ1) is 13.7. The first-order chi connectivity index (χ1) is 8.72. The standard InChI is InChI=1S/C13H16N4O/c1-2-9-18-13-10-11(3-4-12(13)16)17(7-5-14)8-6-15/h3-4,10H,2,7-9,16H2,1H3. The van der Waals surface area contributed by atoms with Gasteiger partial charge in [-0.3, -0.25) is 0 Å². The average Bonchev–Trinajstić information content (AvgIpc) is 2.38. The Labute approximate surface area is 107 Å². The van der Waals surface area contributed by atoms with Crippen molar-refractivity contribution in [2.75, 3.05) is 30.3 Å². The Hall–Kier alpha value is -2.40. The highest BCUT2D eigenvalue weighted by atomic mass is 16.5. The van der Waals surface area contributed by atoms with Gasteiger partial charge in [-0.1, -0.05) is 6.92 Å². The molecule has 94 valence electrons. The first-order valence-corrected chi connectivity index (χ1v) is 5.74. The van der Waals surface area contributed by atoms with Crippen molar-refractivity contribution in [2.45, 2.75) is 13.3 Å². The van der Waals surface area contributed by atoms with E-state index in [1.807, 2.05) is 19.1 Å². The van der Waals surface area contributed by atoms with Crippen LogP contribution in [0.15, 0.2) is 18.2 Å². The molecule has 1 rings (SSSR count). The average molecular weight is 244 g/mol. The topological polar surface area (TPSA) is 86.1 Å². The molecule has 0 aliphatic rings. The SMILES string of the molecule is CCCOc1cc(N(CC#N)CC#N)ccc1N. The maximum atomic E-state index is 8.73. The third-order valence-corrected chi connectivity index (χ3v) is 2.35. The van der Waals surface area contributed by atoms with Gasteiger partial charge in [0.05, 0.1) is 24.4 Å². The number of ether oxygens (including phenoxy) is 1. The largest absolute Gasteiger partial charge is 0.491 e. The molecule has 0 spiro atoms. The van der Waals surface area contributed by atoms with Crippen LogP contribution in [0.5, 0.6) is 5.75 Å². The van der Waals surface area contributed by atoms with Crippen molar-refractivity contribution >= 4 is 11.4 Å². The van der Waals surface area contributed by atoms with E-state index in [1.165, 1.54) is 0 Å². The lowest BCUT2D eigenvalue weighted by Crippen LogP contribution is -2.23. The Morgan fingerprint density at radius 2 is 1.94 bits per heavy atom. The summed E-state index contributed by atoms with van der Waals surface area (Å²) in [5, 5.41) is 17.5. The molecule has 0 radical (unpaired) electrons. The molecule has 2 N–H and O–H groups in total. The Balaban J connectivity index is 2.94. The van der Waals surface area contributed by atoms with Crippen LogP contribution in [0.4, 0.5) is 11.4 Å². The minimum absolute atomic E-state index is 0.157. The third kappa shape index (κ3) is 3.57. The second-order valence-corrected chi connectivity index (χ2v) is 3.74. The van der Waals surface area contributed by atoms with Gasteiger partial charge in [-0.2, -0.15) is 10.5 Å². The van der Waals surface area contributed by atoms with Gasteiger partial charge in [-0.05, 0) is 18.6 Å². The molecule has 0 saturated carbocycles. The summed E-state index contributed by atoms with van der Waals surface area (Å²) in [6, 6.07) is 9.33. The van der Waals surface area contributed by atoms with Crippen LogP contribution in [-0.4, -0.2) is 19.7 Å². The predicted octanol–water partition coefficient (Wildman–Crippen LogP) is 1.91. The van der Waals surface area contributed by atoms with Crippen molar-refractivity contribution in [3.8, 4) is 17.9 Å². The highest BCUT2D eigenvalue weighted by Crippen LogP contribution is 2.27. The maximum Gasteiger partial charge on any atom is 0.144 e. The number of hydrogen-bond donors (Lipinski definition) is 1. The summed E-state index contributed by atoms with van der Waals surface area (Å²) in [5.74, 6) is 0.593. The molecule has 5 nitrogen and oxygen atoms in total. The fraction of sp³-hybridized carbons (Fsp3) is 0.385. The Morgan fingerprint density at radius 1 is 1.28 bits per heavy atom. The Kier molecular flexibility index (Phi) is 5.34. The zero-order chi connectivity index (χ0) is 13.4. The molecule has 0 heterocycles. The highest BCUT2D eigenvalue weighted by molar-refractivity contribution is 5.62. The van der Waals surface area contributed by atoms with E-state index in [-0.39, 0.29) is 13.1 Å². The highest BCUT2D eigenvalue weighted by Gasteiger charge is 2.08. The Morgan fingerprint density at radius 3 is 2.50 bits per heavy atom. The molecular weight excluding hydrogens is 228 g/mol. The van der Waals surface area contributed by atoms with Crippen molar-refractivity contribution in [2.24, 2.45) is 0 Å². The van der Waals surface area contributed by atoms with Gasteiger partial charge in [0, 0.05) is 11.8 Å². The van der Waals surface area contributed by atoms with Crippen molar-refractivity contribution < 1.29 is 4.74 Å². The van der Waals surface area contributed by atoms with Crippen molar-refractivity contribution in [3.63, 3.8) is 0 Å². The summed E-state index contributed by atoms with van der Waals surface area (Å²) in [6.07, 6.45) is 0.893. The van der Waals surface area contributed by atoms with Gasteiger partial charge in [0.15, 0.2) is 0 Å². The van der Waals surface area contributed by atoms with Crippen LogP contribution in [-0.2, 0) is 0 Å². The summed E-state index contributed by atoms with van der Waals surface area (Å²) in [6.45, 7) is 2.91. The molecule has 5 heteroatoms. The molecular formula is C13H16N4O. The predicted molar refractivity (Wildman–Crippen MR) is 70.1 cm³/mol. The number of nitriles is 2. The number of rotatable bonds is 6. The summed E-state index contributed by atoms with van der Waals surface area (Å²) in [7, 11) is 0. The summed E-state index contributed by atoms with van der Waals surface area (Å²) in [4.78, 5) is 1.66. The molecule has 0 unspecified atom stereocenters. The van der Waals surface area contributed by atoms with Gasteiger partial charge in [-0.15, -0.1) is 0 Å². The number of nitrogens with zero attached hydrogens (tertiary/aromatic N) is 3. The normalized spacial score (nSPS) is 9.28. The fourth-order valence-corrected chi connectivity index (χ4v) is 1.47. The van der Waals surface area contributed by atoms with Crippen LogP contribution in [0, 0.1) is 22.7 Å². The quantitative estimate of drug-likeness (QED) is 0.610. The molecule has 0 aliphatic carbocycles. The van der Waals surface area contributed by atoms with Gasteiger partial charge in [0.1, 0.15) is 18.8 Å². The lowest BCUT2D eigenvalue weighted by Gasteiger charge is -2.19. The lowest BCUT2D eigenvalue weighted by molar-refractivity contribution is 0.319. The minimum atomic E-state index is 0.157. The third-order valence-electron chi connectivity index (χ3n) is 2.35. The number of benzene rings is 1. The molecule has 0 aliphatic heterocycles. The van der Waals surface area contributed by atoms with E-state index in [0.29, 0.717) is 18.0 Å². The van der Waals surface area contributed by atoms with E-state index in [2.05, 4.69) is 0 Å². The zero-order valence-corrected chi connectivity index (χ0v) is 10.4. The van der Waals surface area contributed by atoms with Gasteiger partial charge in [-0.25, -0.2) is 0 Å². The number of nitrogen functional groups attached to an aromatic ring is 1. The van der Waals surface area contributed by atoms with E-state index >= 15 is 0 Å². The molecule has 0 fully saturated rings. The van der Waals surface area contributed by atoms with E-state index < -0.39 is 0 Å². The molecule has 1 aromatic rings.